The van der Waals surface area contributed by atoms with Crippen LogP contribution in [0, 0.1) is 0 Å². The van der Waals surface area contributed by atoms with Crippen LogP contribution in [0.4, 0.5) is 0 Å². The summed E-state index contributed by atoms with van der Waals surface area (Å²) in [5.41, 5.74) is 2.07. The number of carbonyl (C=O) groups is 1. The third-order valence-corrected chi connectivity index (χ3v) is 2.50. The van der Waals surface area contributed by atoms with Crippen molar-refractivity contribution in [3.05, 3.63) is 35.4 Å². The molecule has 0 aromatic heterocycles. The largest absolute Gasteiger partial charge is 0.338 e. The van der Waals surface area contributed by atoms with E-state index in [0.717, 1.165) is 17.7 Å². The van der Waals surface area contributed by atoms with E-state index in [1.807, 2.05) is 29.2 Å². The highest BCUT2D eigenvalue weighted by atomic mass is 16.2. The van der Waals surface area contributed by atoms with E-state index in [1.54, 1.807) is 6.21 Å². The molecule has 0 spiro atoms. The Labute approximate surface area is 88.4 Å². The second kappa shape index (κ2) is 4.13. The highest BCUT2D eigenvalue weighted by Crippen LogP contribution is 2.14. The fourth-order valence-corrected chi connectivity index (χ4v) is 1.61. The number of rotatable bonds is 3. The van der Waals surface area contributed by atoms with Crippen LogP contribution in [0.5, 0.6) is 0 Å². The lowest BCUT2D eigenvalue weighted by Crippen LogP contribution is -2.42. The van der Waals surface area contributed by atoms with Gasteiger partial charge in [0.05, 0.1) is 6.21 Å². The Hall–Kier alpha value is -1.84. The number of nitrogens with zero attached hydrogens (tertiary/aromatic N) is 2. The van der Waals surface area contributed by atoms with Crippen LogP contribution >= 0.6 is 0 Å². The molecule has 1 aromatic carbocycles. The molecule has 0 radical (unpaired) electrons. The summed E-state index contributed by atoms with van der Waals surface area (Å²) >= 11 is 0. The van der Waals surface area contributed by atoms with Crippen LogP contribution in [0.3, 0.4) is 0 Å². The van der Waals surface area contributed by atoms with Crippen LogP contribution in [-0.2, 0) is 11.3 Å². The van der Waals surface area contributed by atoms with Crippen LogP contribution in [-0.4, -0.2) is 23.6 Å². The van der Waals surface area contributed by atoms with Crippen molar-refractivity contribution in [3.63, 3.8) is 0 Å². The minimum absolute atomic E-state index is 0.230. The van der Waals surface area contributed by atoms with Gasteiger partial charge >= 0.3 is 0 Å². The molecule has 1 saturated heterocycles. The van der Waals surface area contributed by atoms with Crippen LogP contribution in [0.2, 0.25) is 0 Å². The lowest BCUT2D eigenvalue weighted by molar-refractivity contribution is -0.140. The second-order valence-electron chi connectivity index (χ2n) is 3.59. The highest BCUT2D eigenvalue weighted by molar-refractivity contribution is 5.82. The average Bonchev–Trinajstić information content (AvgIpc) is 2.25. The maximum absolute atomic E-state index is 11.1. The lowest BCUT2D eigenvalue weighted by atomic mass is 10.1. The van der Waals surface area contributed by atoms with Crippen molar-refractivity contribution in [2.45, 2.75) is 13.0 Å². The third kappa shape index (κ3) is 2.15. The van der Waals surface area contributed by atoms with Gasteiger partial charge in [-0.25, -0.2) is 0 Å². The molecule has 1 heterocycles. The Kier molecular flexibility index (Phi) is 2.67. The topological polar surface area (TPSA) is 58.7 Å². The zero-order valence-corrected chi connectivity index (χ0v) is 8.39. The Morgan fingerprint density at radius 1 is 1.53 bits per heavy atom. The number of likely N-dealkylation sites (tertiary alicyclic amines) is 1. The molecular weight excluding hydrogens is 190 g/mol. The Balaban J connectivity index is 2.07. The van der Waals surface area contributed by atoms with E-state index in [4.69, 9.17) is 5.84 Å². The maximum atomic E-state index is 11.1. The molecule has 78 valence electrons. The molecule has 1 fully saturated rings. The molecule has 2 N–H and O–H groups in total. The van der Waals surface area contributed by atoms with Crippen LogP contribution in [0.15, 0.2) is 29.4 Å². The Morgan fingerprint density at radius 3 is 3.00 bits per heavy atom. The Morgan fingerprint density at radius 2 is 2.40 bits per heavy atom. The van der Waals surface area contributed by atoms with Crippen molar-refractivity contribution in [3.8, 4) is 0 Å². The highest BCUT2D eigenvalue weighted by Gasteiger charge is 2.23. The molecule has 0 aliphatic carbocycles. The van der Waals surface area contributed by atoms with Crippen LogP contribution < -0.4 is 5.84 Å². The predicted molar refractivity (Wildman–Crippen MR) is 58.3 cm³/mol. The molecule has 0 atom stereocenters. The second-order valence-corrected chi connectivity index (χ2v) is 3.59. The maximum Gasteiger partial charge on any atom is 0.224 e. The summed E-state index contributed by atoms with van der Waals surface area (Å²) in [6.45, 7) is 1.55. The van der Waals surface area contributed by atoms with E-state index < -0.39 is 0 Å². The number of hydrazone groups is 1. The van der Waals surface area contributed by atoms with Crippen molar-refractivity contribution in [1.29, 1.82) is 0 Å². The lowest BCUT2D eigenvalue weighted by Gasteiger charge is -2.30. The molecule has 0 saturated carbocycles. The SMILES string of the molecule is NN=Cc1cccc(CN2CCC2=O)c1. The van der Waals surface area contributed by atoms with E-state index in [2.05, 4.69) is 5.10 Å². The van der Waals surface area contributed by atoms with Crippen molar-refractivity contribution >= 4 is 12.1 Å². The molecule has 1 aliphatic heterocycles. The minimum atomic E-state index is 0.230. The summed E-state index contributed by atoms with van der Waals surface area (Å²) in [7, 11) is 0. The first kappa shape index (κ1) is 9.71. The normalized spacial score (nSPS) is 15.7. The summed E-state index contributed by atoms with van der Waals surface area (Å²) in [5.74, 6) is 5.31. The number of carbonyl (C=O) groups excluding carboxylic acids is 1. The van der Waals surface area contributed by atoms with Gasteiger partial charge in [-0.2, -0.15) is 5.10 Å². The molecule has 0 bridgehead atoms. The smallest absolute Gasteiger partial charge is 0.224 e. The summed E-state index contributed by atoms with van der Waals surface area (Å²) in [6, 6.07) is 7.86. The van der Waals surface area contributed by atoms with Gasteiger partial charge in [-0.15, -0.1) is 0 Å². The van der Waals surface area contributed by atoms with Gasteiger partial charge in [0.25, 0.3) is 0 Å². The van der Waals surface area contributed by atoms with Gasteiger partial charge in [-0.1, -0.05) is 18.2 Å². The molecule has 1 aliphatic rings. The fraction of sp³-hybridized carbons (Fsp3) is 0.273. The van der Waals surface area contributed by atoms with Gasteiger partial charge in [-0.05, 0) is 17.2 Å². The van der Waals surface area contributed by atoms with Gasteiger partial charge in [0.15, 0.2) is 0 Å². The predicted octanol–water partition coefficient (Wildman–Crippen LogP) is 0.712. The summed E-state index contributed by atoms with van der Waals surface area (Å²) in [5, 5.41) is 3.47. The van der Waals surface area contributed by atoms with E-state index >= 15 is 0 Å². The minimum Gasteiger partial charge on any atom is -0.338 e. The molecule has 2 rings (SSSR count). The molecule has 4 heteroatoms. The molecule has 1 amide bonds. The quantitative estimate of drug-likeness (QED) is 0.340. The van der Waals surface area contributed by atoms with E-state index in [9.17, 15) is 4.79 Å². The van der Waals surface area contributed by atoms with Crippen molar-refractivity contribution in [2.75, 3.05) is 6.54 Å². The van der Waals surface area contributed by atoms with Crippen molar-refractivity contribution in [2.24, 2.45) is 10.9 Å². The number of benzene rings is 1. The first-order chi connectivity index (χ1) is 7.29. The van der Waals surface area contributed by atoms with Gasteiger partial charge in [0.2, 0.25) is 5.91 Å². The summed E-state index contributed by atoms with van der Waals surface area (Å²) < 4.78 is 0. The summed E-state index contributed by atoms with van der Waals surface area (Å²) in [6.07, 6.45) is 2.28. The van der Waals surface area contributed by atoms with Crippen LogP contribution in [0.1, 0.15) is 17.5 Å². The Bertz CT molecular complexity index is 401. The first-order valence-corrected chi connectivity index (χ1v) is 4.89. The zero-order valence-electron chi connectivity index (χ0n) is 8.39. The number of amides is 1. The molecular formula is C11H13N3O. The van der Waals surface area contributed by atoms with Crippen LogP contribution in [0.25, 0.3) is 0 Å². The molecule has 1 aromatic rings. The van der Waals surface area contributed by atoms with Crippen molar-refractivity contribution < 1.29 is 4.79 Å². The first-order valence-electron chi connectivity index (χ1n) is 4.89. The van der Waals surface area contributed by atoms with Crippen molar-refractivity contribution in [1.82, 2.24) is 4.90 Å². The zero-order chi connectivity index (χ0) is 10.7. The average molecular weight is 203 g/mol. The number of hydrogen-bond donors (Lipinski definition) is 1. The van der Waals surface area contributed by atoms with E-state index in [1.165, 1.54) is 0 Å². The van der Waals surface area contributed by atoms with Gasteiger partial charge in [-0.3, -0.25) is 4.79 Å². The molecule has 15 heavy (non-hydrogen) atoms. The van der Waals surface area contributed by atoms with Gasteiger partial charge < -0.3 is 10.7 Å². The van der Waals surface area contributed by atoms with E-state index in [-0.39, 0.29) is 5.91 Å². The number of β-lactam (4-membered cyclic amide) rings is 1. The molecule has 4 nitrogen and oxygen atoms in total. The standard InChI is InChI=1S/C11H13N3O/c12-13-7-9-2-1-3-10(6-9)8-14-5-4-11(14)15/h1-3,6-7H,4-5,8,12H2. The van der Waals surface area contributed by atoms with Gasteiger partial charge in [0.1, 0.15) is 0 Å². The monoisotopic (exact) mass is 203 g/mol. The van der Waals surface area contributed by atoms with Gasteiger partial charge in [0, 0.05) is 19.5 Å². The fourth-order valence-electron chi connectivity index (χ4n) is 1.61. The summed E-state index contributed by atoms with van der Waals surface area (Å²) in [4.78, 5) is 13.0. The number of nitrogens with two attached hydrogens (primary N) is 1. The third-order valence-electron chi connectivity index (χ3n) is 2.50. The molecule has 0 unspecified atom stereocenters. The van der Waals surface area contributed by atoms with E-state index in [0.29, 0.717) is 13.0 Å². The number of hydrogen-bond acceptors (Lipinski definition) is 3.